The van der Waals surface area contributed by atoms with E-state index in [4.69, 9.17) is 9.72 Å². The van der Waals surface area contributed by atoms with Crippen molar-refractivity contribution in [2.75, 3.05) is 13.1 Å². The van der Waals surface area contributed by atoms with Crippen molar-refractivity contribution in [3.8, 4) is 0 Å². The van der Waals surface area contributed by atoms with Crippen LogP contribution in [0.1, 0.15) is 56.1 Å². The molecule has 2 rings (SSSR count). The predicted molar refractivity (Wildman–Crippen MR) is 93.9 cm³/mol. The molecule has 1 aromatic heterocycles. The third kappa shape index (κ3) is 5.77. The molecule has 1 aliphatic rings. The standard InChI is InChI=1S/C17H29N3O2S/c1-6-14-12(2)23-15(19-14)11-20-9-7-13(8-10-20)18-16(21)22-17(3,4)5/h13H,6-11H2,1-5H3,(H,18,21). The second-order valence-electron chi connectivity index (χ2n) is 7.16. The van der Waals surface area contributed by atoms with Gasteiger partial charge in [0.2, 0.25) is 0 Å². The van der Waals surface area contributed by atoms with Crippen molar-refractivity contribution in [2.24, 2.45) is 0 Å². The highest BCUT2D eigenvalue weighted by atomic mass is 32.1. The summed E-state index contributed by atoms with van der Waals surface area (Å²) in [4.78, 5) is 20.3. The van der Waals surface area contributed by atoms with E-state index in [0.29, 0.717) is 0 Å². The van der Waals surface area contributed by atoms with E-state index in [1.54, 1.807) is 0 Å². The number of hydrogen-bond donors (Lipinski definition) is 1. The van der Waals surface area contributed by atoms with Crippen molar-refractivity contribution >= 4 is 17.4 Å². The first-order valence-electron chi connectivity index (χ1n) is 8.44. The molecule has 0 unspecified atom stereocenters. The lowest BCUT2D eigenvalue weighted by Gasteiger charge is -2.32. The molecule has 0 saturated carbocycles. The van der Waals surface area contributed by atoms with Crippen molar-refractivity contribution in [3.63, 3.8) is 0 Å². The zero-order valence-corrected chi connectivity index (χ0v) is 15.8. The smallest absolute Gasteiger partial charge is 0.407 e. The fraction of sp³-hybridized carbons (Fsp3) is 0.765. The van der Waals surface area contributed by atoms with Crippen LogP contribution in [0.15, 0.2) is 0 Å². The molecule has 2 heterocycles. The summed E-state index contributed by atoms with van der Waals surface area (Å²) in [5.41, 5.74) is 0.788. The molecule has 0 radical (unpaired) electrons. The van der Waals surface area contributed by atoms with E-state index in [0.717, 1.165) is 38.9 Å². The molecule has 130 valence electrons. The van der Waals surface area contributed by atoms with Gasteiger partial charge in [0, 0.05) is 24.0 Å². The minimum atomic E-state index is -0.440. The molecule has 1 N–H and O–H groups in total. The molecule has 0 aromatic carbocycles. The normalized spacial score (nSPS) is 17.3. The van der Waals surface area contributed by atoms with Crippen molar-refractivity contribution < 1.29 is 9.53 Å². The van der Waals surface area contributed by atoms with E-state index in [-0.39, 0.29) is 12.1 Å². The Morgan fingerprint density at radius 1 is 1.39 bits per heavy atom. The average molecular weight is 340 g/mol. The summed E-state index contributed by atoms with van der Waals surface area (Å²) in [6.45, 7) is 12.9. The number of thiazole rings is 1. The van der Waals surface area contributed by atoms with Gasteiger partial charge in [-0.15, -0.1) is 11.3 Å². The highest BCUT2D eigenvalue weighted by Crippen LogP contribution is 2.21. The number of likely N-dealkylation sites (tertiary alicyclic amines) is 1. The van der Waals surface area contributed by atoms with Gasteiger partial charge >= 0.3 is 6.09 Å². The molecule has 0 spiro atoms. The van der Waals surface area contributed by atoms with Gasteiger partial charge in [0.15, 0.2) is 0 Å². The molecule has 1 saturated heterocycles. The number of hydrogen-bond acceptors (Lipinski definition) is 5. The first-order valence-corrected chi connectivity index (χ1v) is 9.25. The lowest BCUT2D eigenvalue weighted by Crippen LogP contribution is -2.45. The molecule has 0 aliphatic carbocycles. The van der Waals surface area contributed by atoms with E-state index < -0.39 is 5.60 Å². The fourth-order valence-electron chi connectivity index (χ4n) is 2.78. The highest BCUT2D eigenvalue weighted by Gasteiger charge is 2.24. The van der Waals surface area contributed by atoms with Gasteiger partial charge in [-0.2, -0.15) is 0 Å². The molecule has 1 aromatic rings. The lowest BCUT2D eigenvalue weighted by molar-refractivity contribution is 0.0477. The van der Waals surface area contributed by atoms with Crippen LogP contribution < -0.4 is 5.32 Å². The topological polar surface area (TPSA) is 54.5 Å². The monoisotopic (exact) mass is 339 g/mol. The van der Waals surface area contributed by atoms with Gasteiger partial charge in [-0.05, 0) is 47.0 Å². The van der Waals surface area contributed by atoms with Gasteiger partial charge in [0.05, 0.1) is 12.2 Å². The molecule has 1 fully saturated rings. The number of ether oxygens (including phenoxy) is 1. The number of nitrogens with one attached hydrogen (secondary N) is 1. The van der Waals surface area contributed by atoms with Gasteiger partial charge in [-0.1, -0.05) is 6.92 Å². The highest BCUT2D eigenvalue weighted by molar-refractivity contribution is 7.11. The first kappa shape index (κ1) is 18.2. The Morgan fingerprint density at radius 2 is 2.04 bits per heavy atom. The third-order valence-corrected chi connectivity index (χ3v) is 4.94. The molecule has 23 heavy (non-hydrogen) atoms. The Kier molecular flexibility index (Phi) is 6.03. The minimum Gasteiger partial charge on any atom is -0.444 e. The largest absolute Gasteiger partial charge is 0.444 e. The molecule has 0 bridgehead atoms. The summed E-state index contributed by atoms with van der Waals surface area (Å²) in [5.74, 6) is 0. The SMILES string of the molecule is CCc1nc(CN2CCC(NC(=O)OC(C)(C)C)CC2)sc1C. The summed E-state index contributed by atoms with van der Waals surface area (Å²) in [7, 11) is 0. The Labute approximate surface area is 143 Å². The van der Waals surface area contributed by atoms with E-state index in [1.165, 1.54) is 15.6 Å². The van der Waals surface area contributed by atoms with Gasteiger partial charge in [-0.25, -0.2) is 9.78 Å². The second-order valence-corrected chi connectivity index (χ2v) is 8.45. The zero-order chi connectivity index (χ0) is 17.0. The summed E-state index contributed by atoms with van der Waals surface area (Å²) >= 11 is 1.81. The van der Waals surface area contributed by atoms with E-state index in [2.05, 4.69) is 24.1 Å². The molecule has 1 amide bonds. The van der Waals surface area contributed by atoms with Crippen LogP contribution >= 0.6 is 11.3 Å². The maximum absolute atomic E-state index is 11.8. The van der Waals surface area contributed by atoms with Crippen LogP contribution in [0, 0.1) is 6.92 Å². The van der Waals surface area contributed by atoms with Gasteiger partial charge in [0.1, 0.15) is 10.6 Å². The number of amides is 1. The van der Waals surface area contributed by atoms with Crippen molar-refractivity contribution in [3.05, 3.63) is 15.6 Å². The number of aromatic nitrogens is 1. The van der Waals surface area contributed by atoms with Gasteiger partial charge in [-0.3, -0.25) is 4.90 Å². The van der Waals surface area contributed by atoms with Crippen molar-refractivity contribution in [2.45, 2.75) is 72.1 Å². The van der Waals surface area contributed by atoms with E-state index in [1.807, 2.05) is 32.1 Å². The van der Waals surface area contributed by atoms with Crippen molar-refractivity contribution in [1.82, 2.24) is 15.2 Å². The maximum Gasteiger partial charge on any atom is 0.407 e. The molecule has 1 aliphatic heterocycles. The summed E-state index contributed by atoms with van der Waals surface area (Å²) in [6.07, 6.45) is 2.62. The number of carbonyl (C=O) groups is 1. The van der Waals surface area contributed by atoms with Gasteiger partial charge < -0.3 is 10.1 Å². The number of piperidine rings is 1. The molecular weight excluding hydrogens is 310 g/mol. The predicted octanol–water partition coefficient (Wildman–Crippen LogP) is 3.50. The van der Waals surface area contributed by atoms with Gasteiger partial charge in [0.25, 0.3) is 0 Å². The average Bonchev–Trinajstić information content (AvgIpc) is 2.79. The lowest BCUT2D eigenvalue weighted by atomic mass is 10.1. The summed E-state index contributed by atoms with van der Waals surface area (Å²) in [5, 5.41) is 4.19. The summed E-state index contributed by atoms with van der Waals surface area (Å²) in [6, 6.07) is 0.213. The molecule has 5 nitrogen and oxygen atoms in total. The second kappa shape index (κ2) is 7.62. The Hall–Kier alpha value is -1.14. The first-order chi connectivity index (χ1) is 10.8. The number of alkyl carbamates (subject to hydrolysis) is 1. The minimum absolute atomic E-state index is 0.213. The number of carbonyl (C=O) groups excluding carboxylic acids is 1. The zero-order valence-electron chi connectivity index (χ0n) is 14.9. The van der Waals surface area contributed by atoms with Crippen LogP contribution in [-0.4, -0.2) is 40.7 Å². The summed E-state index contributed by atoms with van der Waals surface area (Å²) < 4.78 is 5.32. The number of aryl methyl sites for hydroxylation is 2. The number of rotatable bonds is 4. The Balaban J connectivity index is 1.76. The van der Waals surface area contributed by atoms with E-state index in [9.17, 15) is 4.79 Å². The van der Waals surface area contributed by atoms with Crippen molar-refractivity contribution in [1.29, 1.82) is 0 Å². The van der Waals surface area contributed by atoms with Crippen LogP contribution in [0.5, 0.6) is 0 Å². The van der Waals surface area contributed by atoms with Crippen LogP contribution in [-0.2, 0) is 17.7 Å². The maximum atomic E-state index is 11.8. The molecular formula is C17H29N3O2S. The fourth-order valence-corrected chi connectivity index (χ4v) is 3.85. The van der Waals surface area contributed by atoms with Crippen LogP contribution in [0.3, 0.4) is 0 Å². The Morgan fingerprint density at radius 3 is 2.57 bits per heavy atom. The van der Waals surface area contributed by atoms with Crippen LogP contribution in [0.2, 0.25) is 0 Å². The molecule has 6 heteroatoms. The van der Waals surface area contributed by atoms with E-state index >= 15 is 0 Å². The number of nitrogens with zero attached hydrogens (tertiary/aromatic N) is 2. The third-order valence-electron chi connectivity index (χ3n) is 3.94. The molecule has 0 atom stereocenters. The van der Waals surface area contributed by atoms with Crippen LogP contribution in [0.25, 0.3) is 0 Å². The quantitative estimate of drug-likeness (QED) is 0.912. The Bertz CT molecular complexity index is 528. The van der Waals surface area contributed by atoms with Crippen LogP contribution in [0.4, 0.5) is 4.79 Å².